The lowest BCUT2D eigenvalue weighted by Crippen LogP contribution is -2.11. The van der Waals surface area contributed by atoms with Gasteiger partial charge in [-0.15, -0.1) is 11.8 Å². The Bertz CT molecular complexity index is 526. The predicted octanol–water partition coefficient (Wildman–Crippen LogP) is 6.57. The summed E-state index contributed by atoms with van der Waals surface area (Å²) in [5.41, 5.74) is 1.57. The molecule has 1 aromatic carbocycles. The smallest absolute Gasteiger partial charge is 0.0337 e. The average molecular weight is 313 g/mol. The molecular weight excluding hydrogens is 284 g/mol. The Hall–Kier alpha value is -1.47. The first-order valence-electron chi connectivity index (χ1n) is 7.74. The molecule has 2 atom stereocenters. The molecule has 0 saturated heterocycles. The zero-order chi connectivity index (χ0) is 16.6. The summed E-state index contributed by atoms with van der Waals surface area (Å²) in [4.78, 5) is 1.30. The summed E-state index contributed by atoms with van der Waals surface area (Å²) in [6.45, 7) is 16.5. The Morgan fingerprint density at radius 2 is 1.50 bits per heavy atom. The molecule has 0 aliphatic heterocycles. The Morgan fingerprint density at radius 3 is 2.00 bits per heavy atom. The highest BCUT2D eigenvalue weighted by Crippen LogP contribution is 2.32. The number of thioether (sulfide) groups is 1. The van der Waals surface area contributed by atoms with E-state index < -0.39 is 0 Å². The number of benzene rings is 1. The van der Waals surface area contributed by atoms with Crippen molar-refractivity contribution in [3.63, 3.8) is 0 Å². The van der Waals surface area contributed by atoms with Crippen LogP contribution in [0.4, 0.5) is 0 Å². The van der Waals surface area contributed by atoms with E-state index in [9.17, 15) is 0 Å². The van der Waals surface area contributed by atoms with Crippen LogP contribution in [0.15, 0.2) is 78.8 Å². The van der Waals surface area contributed by atoms with Gasteiger partial charge in [-0.25, -0.2) is 0 Å². The summed E-state index contributed by atoms with van der Waals surface area (Å²) in [6, 6.07) is 8.93. The summed E-state index contributed by atoms with van der Waals surface area (Å²) in [5.74, 6) is 0.432. The normalized spacial score (nSPS) is 15.1. The molecule has 118 valence electrons. The Kier molecular flexibility index (Phi) is 7.47. The van der Waals surface area contributed by atoms with Gasteiger partial charge in [0.2, 0.25) is 0 Å². The quantitative estimate of drug-likeness (QED) is 0.405. The van der Waals surface area contributed by atoms with Crippen molar-refractivity contribution >= 4 is 11.8 Å². The van der Waals surface area contributed by atoms with Crippen molar-refractivity contribution in [2.24, 2.45) is 5.92 Å². The summed E-state index contributed by atoms with van der Waals surface area (Å²) in [5, 5.41) is 0.384. The van der Waals surface area contributed by atoms with E-state index in [0.29, 0.717) is 11.2 Å². The molecule has 0 fully saturated rings. The largest absolute Gasteiger partial charge is 0.118 e. The fourth-order valence-corrected chi connectivity index (χ4v) is 3.15. The van der Waals surface area contributed by atoms with Gasteiger partial charge in [0.05, 0.1) is 0 Å². The monoisotopic (exact) mass is 312 g/mol. The summed E-state index contributed by atoms with van der Waals surface area (Å²) in [7, 11) is 0. The molecule has 0 N–H and O–H groups in total. The SMILES string of the molecule is C=CC=CC(C)C(C=CC=C)Sc1ccc(C(C)(C)C)cc1. The minimum atomic E-state index is 0.200. The molecule has 2 unspecified atom stereocenters. The van der Waals surface area contributed by atoms with Gasteiger partial charge in [0, 0.05) is 10.1 Å². The van der Waals surface area contributed by atoms with Crippen molar-refractivity contribution in [1.82, 2.24) is 0 Å². The van der Waals surface area contributed by atoms with Crippen LogP contribution in [0.5, 0.6) is 0 Å². The van der Waals surface area contributed by atoms with Crippen LogP contribution < -0.4 is 0 Å². The maximum atomic E-state index is 3.77. The topological polar surface area (TPSA) is 0 Å². The Labute approximate surface area is 140 Å². The first-order chi connectivity index (χ1) is 10.4. The molecular formula is C21H28S. The minimum Gasteiger partial charge on any atom is -0.118 e. The maximum absolute atomic E-state index is 3.77. The van der Waals surface area contributed by atoms with Crippen molar-refractivity contribution in [2.45, 2.75) is 43.3 Å². The molecule has 0 aliphatic rings. The van der Waals surface area contributed by atoms with Crippen LogP contribution in [0.1, 0.15) is 33.3 Å². The van der Waals surface area contributed by atoms with Crippen molar-refractivity contribution in [1.29, 1.82) is 0 Å². The van der Waals surface area contributed by atoms with Gasteiger partial charge in [0.15, 0.2) is 0 Å². The molecule has 0 heterocycles. The molecule has 1 aromatic rings. The third-order valence-electron chi connectivity index (χ3n) is 3.50. The van der Waals surface area contributed by atoms with E-state index in [1.165, 1.54) is 10.5 Å². The lowest BCUT2D eigenvalue weighted by atomic mass is 9.87. The summed E-state index contributed by atoms with van der Waals surface area (Å²) >= 11 is 1.89. The highest BCUT2D eigenvalue weighted by Gasteiger charge is 2.15. The van der Waals surface area contributed by atoms with Gasteiger partial charge in [-0.1, -0.05) is 89.4 Å². The van der Waals surface area contributed by atoms with Gasteiger partial charge in [-0.05, 0) is 29.0 Å². The second-order valence-corrected chi connectivity index (χ2v) is 7.71. The average Bonchev–Trinajstić information content (AvgIpc) is 2.48. The number of allylic oxidation sites excluding steroid dienone is 5. The van der Waals surface area contributed by atoms with Crippen molar-refractivity contribution in [2.75, 3.05) is 0 Å². The van der Waals surface area contributed by atoms with E-state index in [1.54, 1.807) is 0 Å². The van der Waals surface area contributed by atoms with E-state index >= 15 is 0 Å². The Morgan fingerprint density at radius 1 is 0.955 bits per heavy atom. The van der Waals surface area contributed by atoms with E-state index in [-0.39, 0.29) is 5.41 Å². The zero-order valence-corrected chi connectivity index (χ0v) is 15.1. The molecule has 0 nitrogen and oxygen atoms in total. The molecule has 0 aromatic heterocycles. The molecule has 1 rings (SSSR count). The predicted molar refractivity (Wildman–Crippen MR) is 103 cm³/mol. The van der Waals surface area contributed by atoms with E-state index in [4.69, 9.17) is 0 Å². The van der Waals surface area contributed by atoms with Crippen LogP contribution in [0.3, 0.4) is 0 Å². The van der Waals surface area contributed by atoms with Crippen LogP contribution in [0.2, 0.25) is 0 Å². The fraction of sp³-hybridized carbons (Fsp3) is 0.333. The lowest BCUT2D eigenvalue weighted by molar-refractivity contribution is 0.589. The van der Waals surface area contributed by atoms with Crippen LogP contribution in [0.25, 0.3) is 0 Å². The van der Waals surface area contributed by atoms with Crippen molar-refractivity contribution in [3.8, 4) is 0 Å². The van der Waals surface area contributed by atoms with E-state index in [0.717, 1.165) is 0 Å². The van der Waals surface area contributed by atoms with Gasteiger partial charge in [-0.3, -0.25) is 0 Å². The first kappa shape index (κ1) is 18.6. The van der Waals surface area contributed by atoms with Gasteiger partial charge >= 0.3 is 0 Å². The van der Waals surface area contributed by atoms with Gasteiger partial charge in [0.25, 0.3) is 0 Å². The molecule has 0 bridgehead atoms. The molecule has 0 saturated carbocycles. The highest BCUT2D eigenvalue weighted by atomic mass is 32.2. The third-order valence-corrected chi connectivity index (χ3v) is 4.90. The Balaban J connectivity index is 2.89. The molecule has 22 heavy (non-hydrogen) atoms. The molecule has 0 radical (unpaired) electrons. The van der Waals surface area contributed by atoms with Crippen LogP contribution in [-0.4, -0.2) is 5.25 Å². The van der Waals surface area contributed by atoms with Crippen molar-refractivity contribution in [3.05, 3.63) is 79.4 Å². The fourth-order valence-electron chi connectivity index (χ4n) is 2.06. The maximum Gasteiger partial charge on any atom is 0.0337 e. The van der Waals surface area contributed by atoms with E-state index in [2.05, 4.69) is 77.3 Å². The number of hydrogen-bond donors (Lipinski definition) is 0. The highest BCUT2D eigenvalue weighted by molar-refractivity contribution is 8.00. The first-order valence-corrected chi connectivity index (χ1v) is 8.62. The van der Waals surface area contributed by atoms with Crippen LogP contribution in [0, 0.1) is 5.92 Å². The van der Waals surface area contributed by atoms with Crippen LogP contribution >= 0.6 is 11.8 Å². The van der Waals surface area contributed by atoms with E-state index in [1.807, 2.05) is 36.1 Å². The summed E-state index contributed by atoms with van der Waals surface area (Å²) < 4.78 is 0. The van der Waals surface area contributed by atoms with Crippen molar-refractivity contribution < 1.29 is 0 Å². The summed E-state index contributed by atoms with van der Waals surface area (Å²) in [6.07, 6.45) is 12.1. The second kappa shape index (κ2) is 8.85. The van der Waals surface area contributed by atoms with Gasteiger partial charge < -0.3 is 0 Å². The van der Waals surface area contributed by atoms with Gasteiger partial charge in [-0.2, -0.15) is 0 Å². The zero-order valence-electron chi connectivity index (χ0n) is 14.3. The standard InChI is InChI=1S/C21H28S/c1-7-9-11-17(3)20(12-10-8-2)22-19-15-13-18(14-16-19)21(4,5)6/h7-17,20H,1-2H2,3-6H3. The number of rotatable bonds is 7. The van der Waals surface area contributed by atoms with Gasteiger partial charge in [0.1, 0.15) is 0 Å². The molecule has 0 aliphatic carbocycles. The lowest BCUT2D eigenvalue weighted by Gasteiger charge is -2.21. The number of hydrogen-bond acceptors (Lipinski definition) is 1. The second-order valence-electron chi connectivity index (χ2n) is 6.46. The third kappa shape index (κ3) is 6.11. The molecule has 1 heteroatoms. The molecule has 0 amide bonds. The van der Waals surface area contributed by atoms with Crippen LogP contribution in [-0.2, 0) is 5.41 Å². The minimum absolute atomic E-state index is 0.200. The molecule has 0 spiro atoms.